The highest BCUT2D eigenvalue weighted by atomic mass is 16.4. The molecule has 0 aromatic heterocycles. The van der Waals surface area contributed by atoms with E-state index >= 15 is 0 Å². The molecule has 1 saturated heterocycles. The number of amides is 1. The average molecular weight is 215 g/mol. The van der Waals surface area contributed by atoms with Crippen molar-refractivity contribution in [3.05, 3.63) is 0 Å². The lowest BCUT2D eigenvalue weighted by Gasteiger charge is -2.29. The van der Waals surface area contributed by atoms with Crippen LogP contribution in [-0.4, -0.2) is 54.1 Å². The normalized spacial score (nSPS) is 18.7. The lowest BCUT2D eigenvalue weighted by atomic mass is 10.1. The Bertz CT molecular complexity index is 237. The summed E-state index contributed by atoms with van der Waals surface area (Å²) >= 11 is 0. The van der Waals surface area contributed by atoms with Gasteiger partial charge in [-0.25, -0.2) is 0 Å². The maximum atomic E-state index is 11.2. The Kier molecular flexibility index (Phi) is 4.51. The van der Waals surface area contributed by atoms with Crippen molar-refractivity contribution in [2.24, 2.45) is 5.73 Å². The molecule has 1 fully saturated rings. The third kappa shape index (κ3) is 4.75. The first kappa shape index (κ1) is 11.9. The number of carboxylic acid groups (broad SMARTS) is 1. The molecule has 0 radical (unpaired) electrons. The molecule has 1 aliphatic heterocycles. The topological polar surface area (TPSA) is 95.7 Å². The molecule has 0 saturated carbocycles. The molecule has 15 heavy (non-hydrogen) atoms. The van der Waals surface area contributed by atoms with E-state index in [-0.39, 0.29) is 25.0 Å². The molecular weight excluding hydrogens is 198 g/mol. The summed E-state index contributed by atoms with van der Waals surface area (Å²) in [5.41, 5.74) is 5.72. The largest absolute Gasteiger partial charge is 0.480 e. The predicted molar refractivity (Wildman–Crippen MR) is 54.3 cm³/mol. The van der Waals surface area contributed by atoms with E-state index < -0.39 is 5.97 Å². The lowest BCUT2D eigenvalue weighted by molar-refractivity contribution is -0.138. The van der Waals surface area contributed by atoms with Gasteiger partial charge in [-0.05, 0) is 12.8 Å². The zero-order valence-corrected chi connectivity index (χ0v) is 8.61. The highest BCUT2D eigenvalue weighted by molar-refractivity contribution is 5.82. The minimum Gasteiger partial charge on any atom is -0.480 e. The Morgan fingerprint density at radius 3 is 2.53 bits per heavy atom. The van der Waals surface area contributed by atoms with E-state index in [4.69, 9.17) is 10.8 Å². The van der Waals surface area contributed by atoms with Crippen molar-refractivity contribution in [3.63, 3.8) is 0 Å². The van der Waals surface area contributed by atoms with Crippen LogP contribution in [0.1, 0.15) is 12.8 Å². The molecule has 1 rings (SSSR count). The number of piperidine rings is 1. The Morgan fingerprint density at radius 2 is 2.00 bits per heavy atom. The van der Waals surface area contributed by atoms with Gasteiger partial charge < -0.3 is 16.2 Å². The molecule has 6 heteroatoms. The Hall–Kier alpha value is -1.14. The van der Waals surface area contributed by atoms with Crippen LogP contribution in [0.3, 0.4) is 0 Å². The van der Waals surface area contributed by atoms with Gasteiger partial charge in [0.15, 0.2) is 0 Å². The number of carboxylic acids is 1. The van der Waals surface area contributed by atoms with Crippen molar-refractivity contribution >= 4 is 11.9 Å². The van der Waals surface area contributed by atoms with Gasteiger partial charge >= 0.3 is 5.97 Å². The Labute approximate surface area is 88.4 Å². The van der Waals surface area contributed by atoms with Crippen molar-refractivity contribution in [1.82, 2.24) is 10.2 Å². The van der Waals surface area contributed by atoms with Crippen LogP contribution in [0.5, 0.6) is 0 Å². The Morgan fingerprint density at radius 1 is 1.40 bits per heavy atom. The summed E-state index contributed by atoms with van der Waals surface area (Å²) < 4.78 is 0. The summed E-state index contributed by atoms with van der Waals surface area (Å²) in [6.07, 6.45) is 1.79. The number of nitrogens with zero attached hydrogens (tertiary/aromatic N) is 1. The zero-order valence-electron chi connectivity index (χ0n) is 8.61. The molecule has 0 atom stereocenters. The van der Waals surface area contributed by atoms with Gasteiger partial charge in [-0.1, -0.05) is 0 Å². The van der Waals surface area contributed by atoms with Crippen LogP contribution >= 0.6 is 0 Å². The van der Waals surface area contributed by atoms with Crippen LogP contribution in [0.15, 0.2) is 0 Å². The number of carbonyl (C=O) groups is 2. The minimum absolute atomic E-state index is 0.239. The van der Waals surface area contributed by atoms with E-state index in [2.05, 4.69) is 5.32 Å². The van der Waals surface area contributed by atoms with Crippen molar-refractivity contribution in [2.45, 2.75) is 18.9 Å². The summed E-state index contributed by atoms with van der Waals surface area (Å²) in [4.78, 5) is 23.4. The first-order valence-electron chi connectivity index (χ1n) is 5.04. The van der Waals surface area contributed by atoms with Gasteiger partial charge in [0.25, 0.3) is 0 Å². The molecule has 0 aromatic carbocycles. The van der Waals surface area contributed by atoms with E-state index in [0.29, 0.717) is 0 Å². The maximum absolute atomic E-state index is 11.2. The summed E-state index contributed by atoms with van der Waals surface area (Å²) in [6.45, 7) is 1.56. The molecule has 0 spiro atoms. The van der Waals surface area contributed by atoms with Gasteiger partial charge in [0.05, 0.1) is 6.54 Å². The van der Waals surface area contributed by atoms with E-state index in [1.807, 2.05) is 4.90 Å². The summed E-state index contributed by atoms with van der Waals surface area (Å²) in [6, 6.07) is 0.239. The van der Waals surface area contributed by atoms with E-state index in [0.717, 1.165) is 25.9 Å². The van der Waals surface area contributed by atoms with E-state index in [1.54, 1.807) is 0 Å². The third-order valence-electron chi connectivity index (χ3n) is 2.44. The SMILES string of the molecule is NC1CCN(CC(=O)NCC(=O)O)CC1. The number of carbonyl (C=O) groups excluding carboxylic acids is 1. The van der Waals surface area contributed by atoms with Gasteiger partial charge in [-0.2, -0.15) is 0 Å². The number of hydrogen-bond acceptors (Lipinski definition) is 4. The van der Waals surface area contributed by atoms with Crippen LogP contribution in [-0.2, 0) is 9.59 Å². The number of likely N-dealkylation sites (tertiary alicyclic amines) is 1. The molecule has 0 bridgehead atoms. The molecule has 4 N–H and O–H groups in total. The van der Waals surface area contributed by atoms with Gasteiger partial charge in [-0.3, -0.25) is 14.5 Å². The van der Waals surface area contributed by atoms with Crippen molar-refractivity contribution < 1.29 is 14.7 Å². The second-order valence-electron chi connectivity index (χ2n) is 3.78. The van der Waals surface area contributed by atoms with Gasteiger partial charge in [0.2, 0.25) is 5.91 Å². The van der Waals surface area contributed by atoms with Gasteiger partial charge in [-0.15, -0.1) is 0 Å². The van der Waals surface area contributed by atoms with Crippen LogP contribution in [0.4, 0.5) is 0 Å². The monoisotopic (exact) mass is 215 g/mol. The number of nitrogens with one attached hydrogen (secondary N) is 1. The average Bonchev–Trinajstić information content (AvgIpc) is 2.19. The first-order valence-corrected chi connectivity index (χ1v) is 5.04. The molecule has 6 nitrogen and oxygen atoms in total. The quantitative estimate of drug-likeness (QED) is 0.536. The molecule has 1 amide bonds. The number of rotatable bonds is 4. The number of nitrogens with two attached hydrogens (primary N) is 1. The summed E-state index contributed by atoms with van der Waals surface area (Å²) in [5.74, 6) is -1.27. The second kappa shape index (κ2) is 5.67. The van der Waals surface area contributed by atoms with Crippen molar-refractivity contribution in [3.8, 4) is 0 Å². The molecule has 86 valence electrons. The maximum Gasteiger partial charge on any atom is 0.322 e. The molecule has 0 aromatic rings. The van der Waals surface area contributed by atoms with E-state index in [1.165, 1.54) is 0 Å². The molecular formula is C9H17N3O3. The van der Waals surface area contributed by atoms with Crippen LogP contribution < -0.4 is 11.1 Å². The molecule has 0 aliphatic carbocycles. The lowest BCUT2D eigenvalue weighted by Crippen LogP contribution is -2.45. The van der Waals surface area contributed by atoms with Crippen LogP contribution in [0.25, 0.3) is 0 Å². The smallest absolute Gasteiger partial charge is 0.322 e. The standard InChI is InChI=1S/C9H17N3O3/c10-7-1-3-12(4-2-7)6-8(13)11-5-9(14)15/h7H,1-6,10H2,(H,11,13)(H,14,15). The third-order valence-corrected chi connectivity index (χ3v) is 2.44. The van der Waals surface area contributed by atoms with Crippen LogP contribution in [0, 0.1) is 0 Å². The summed E-state index contributed by atoms with van der Waals surface area (Å²) in [5, 5.41) is 10.7. The van der Waals surface area contributed by atoms with Gasteiger partial charge in [0.1, 0.15) is 6.54 Å². The fraction of sp³-hybridized carbons (Fsp3) is 0.778. The summed E-state index contributed by atoms with van der Waals surface area (Å²) in [7, 11) is 0. The molecule has 1 heterocycles. The fourth-order valence-electron chi connectivity index (χ4n) is 1.54. The van der Waals surface area contributed by atoms with Crippen molar-refractivity contribution in [1.29, 1.82) is 0 Å². The predicted octanol–water partition coefficient (Wildman–Crippen LogP) is -1.39. The first-order chi connectivity index (χ1) is 7.08. The van der Waals surface area contributed by atoms with Gasteiger partial charge in [0, 0.05) is 19.1 Å². The van der Waals surface area contributed by atoms with Crippen LogP contribution in [0.2, 0.25) is 0 Å². The zero-order chi connectivity index (χ0) is 11.3. The molecule has 0 unspecified atom stereocenters. The fourth-order valence-corrected chi connectivity index (χ4v) is 1.54. The second-order valence-corrected chi connectivity index (χ2v) is 3.78. The minimum atomic E-state index is -1.02. The van der Waals surface area contributed by atoms with Crippen molar-refractivity contribution in [2.75, 3.05) is 26.2 Å². The number of hydrogen-bond donors (Lipinski definition) is 3. The van der Waals surface area contributed by atoms with E-state index in [9.17, 15) is 9.59 Å². The number of aliphatic carboxylic acids is 1. The highest BCUT2D eigenvalue weighted by Gasteiger charge is 2.18. The highest BCUT2D eigenvalue weighted by Crippen LogP contribution is 2.06. The Balaban J connectivity index is 2.17. The molecule has 1 aliphatic rings.